The van der Waals surface area contributed by atoms with Gasteiger partial charge in [0.15, 0.2) is 20.4 Å². The lowest BCUT2D eigenvalue weighted by Crippen LogP contribution is -2.26. The first-order valence-electron chi connectivity index (χ1n) is 30.7. The third kappa shape index (κ3) is 11.8. The van der Waals surface area contributed by atoms with Crippen LogP contribution >= 0.6 is 0 Å². The van der Waals surface area contributed by atoms with E-state index in [2.05, 4.69) is 267 Å². The van der Waals surface area contributed by atoms with E-state index in [-0.39, 0.29) is 36.6 Å². The summed E-state index contributed by atoms with van der Waals surface area (Å²) >= 11 is 0. The Morgan fingerprint density at radius 2 is 0.500 bits per heavy atom. The maximum atomic E-state index is 7.11. The van der Waals surface area contributed by atoms with E-state index >= 15 is 0 Å². The highest BCUT2D eigenvalue weighted by atomic mass is 16.7. The molecule has 446 valence electrons. The lowest BCUT2D eigenvalue weighted by atomic mass is 9.81. The highest BCUT2D eigenvalue weighted by molar-refractivity contribution is 6.16. The fourth-order valence-corrected chi connectivity index (χ4v) is 12.9. The van der Waals surface area contributed by atoms with Gasteiger partial charge in [0, 0.05) is 91.0 Å². The third-order valence-electron chi connectivity index (χ3n) is 17.4. The van der Waals surface area contributed by atoms with Gasteiger partial charge in [-0.25, -0.2) is 0 Å². The Bertz CT molecular complexity index is 3950. The molecule has 0 aliphatic heterocycles. The second-order valence-electron chi connectivity index (χ2n) is 26.7. The zero-order valence-corrected chi connectivity index (χ0v) is 53.2. The molecule has 7 heteroatoms. The van der Waals surface area contributed by atoms with Gasteiger partial charge in [0.05, 0.1) is 0 Å². The summed E-state index contributed by atoms with van der Waals surface area (Å²) in [5.41, 5.74) is 12.3. The Hall–Kier alpha value is -8.56. The minimum atomic E-state index is -0.259. The predicted molar refractivity (Wildman–Crippen MR) is 367 cm³/mol. The van der Waals surface area contributed by atoms with Gasteiger partial charge in [0.25, 0.3) is 0 Å². The molecule has 7 nitrogen and oxygen atoms in total. The van der Waals surface area contributed by atoms with Crippen molar-refractivity contribution in [1.29, 1.82) is 0 Å². The van der Waals surface area contributed by atoms with Crippen molar-refractivity contribution in [2.45, 2.75) is 98.2 Å². The molecule has 0 radical (unpaired) electrons. The molecule has 0 aliphatic carbocycles. The van der Waals surface area contributed by atoms with Crippen molar-refractivity contribution in [3.05, 3.63) is 234 Å². The van der Waals surface area contributed by atoms with Crippen LogP contribution in [0.15, 0.2) is 200 Å². The summed E-state index contributed by atoms with van der Waals surface area (Å²) < 4.78 is 39.0. The van der Waals surface area contributed by atoms with E-state index < -0.39 is 0 Å². The molecule has 12 aromatic rings. The SMILES string of the molecule is COCOc1c(CN(Cc2cc(C(C)(C)C)cc(-c3c4ccccc4cc4ccccc34)c2OCOC)Cc2cc(C(C)(C)C)cc(-c3c4ccccc4cc4ccccc34)c2OCOC)cc(C(C)(C)C)cc1-c1c2ccccc2cc2ccccc12. The Morgan fingerprint density at radius 3 is 0.705 bits per heavy atom. The Kier molecular flexibility index (Phi) is 16.7. The van der Waals surface area contributed by atoms with Gasteiger partial charge in [-0.3, -0.25) is 4.90 Å². The monoisotopic (exact) mass is 1160 g/mol. The van der Waals surface area contributed by atoms with Crippen LogP contribution in [0.4, 0.5) is 0 Å². The molecule has 0 spiro atoms. The van der Waals surface area contributed by atoms with E-state index in [9.17, 15) is 0 Å². The van der Waals surface area contributed by atoms with Gasteiger partial charge >= 0.3 is 0 Å². The van der Waals surface area contributed by atoms with Crippen molar-refractivity contribution in [3.63, 3.8) is 0 Å². The number of nitrogens with zero attached hydrogens (tertiary/aromatic N) is 1. The first kappa shape index (κ1) is 59.8. The van der Waals surface area contributed by atoms with Crippen molar-refractivity contribution in [1.82, 2.24) is 4.90 Å². The summed E-state index contributed by atoms with van der Waals surface area (Å²) in [5.74, 6) is 2.31. The van der Waals surface area contributed by atoms with Crippen LogP contribution in [0.3, 0.4) is 0 Å². The van der Waals surface area contributed by atoms with Crippen LogP contribution in [0.2, 0.25) is 0 Å². The molecule has 0 atom stereocenters. The first-order valence-corrected chi connectivity index (χ1v) is 30.7. The molecule has 0 saturated carbocycles. The number of hydrogen-bond acceptors (Lipinski definition) is 7. The van der Waals surface area contributed by atoms with E-state index in [4.69, 9.17) is 28.4 Å². The molecule has 0 heterocycles. The molecular formula is C81H81NO6. The summed E-state index contributed by atoms with van der Waals surface area (Å²) in [7, 11) is 5.09. The highest BCUT2D eigenvalue weighted by Crippen LogP contribution is 2.50. The van der Waals surface area contributed by atoms with Crippen LogP contribution in [0.1, 0.15) is 95.7 Å². The third-order valence-corrected chi connectivity index (χ3v) is 17.4. The highest BCUT2D eigenvalue weighted by Gasteiger charge is 2.30. The maximum Gasteiger partial charge on any atom is 0.188 e. The van der Waals surface area contributed by atoms with E-state index in [1.54, 1.807) is 21.3 Å². The Labute approximate surface area is 519 Å². The average Bonchev–Trinajstić information content (AvgIpc) is 0.871. The summed E-state index contributed by atoms with van der Waals surface area (Å²) in [4.78, 5) is 2.56. The van der Waals surface area contributed by atoms with E-state index in [1.807, 2.05) is 0 Å². The Balaban J connectivity index is 1.17. The van der Waals surface area contributed by atoms with Crippen LogP contribution in [-0.2, 0) is 50.1 Å². The molecule has 88 heavy (non-hydrogen) atoms. The van der Waals surface area contributed by atoms with Gasteiger partial charge in [0.1, 0.15) is 17.2 Å². The standard InChI is InChI=1S/C81H81NO6/c1-79(2,3)61-40-58(76(86-49-83-10)70(43-61)73-64-31-19-13-25-52(64)37-53-26-14-20-32-65(53)73)46-82(47-59-41-62(80(4,5)6)44-71(77(59)87-50-84-11)74-66-33-21-15-27-54(66)38-55-28-16-22-34-67(55)74)48-60-42-63(81(7,8)9)45-72(78(60)88-51-85-12)75-68-35-23-17-29-56(68)39-57-30-18-24-36-69(57)75/h13-45H,46-51H2,1-12H3. The van der Waals surface area contributed by atoms with Gasteiger partial charge < -0.3 is 28.4 Å². The smallest absolute Gasteiger partial charge is 0.188 e. The predicted octanol–water partition coefficient (Wildman–Crippen LogP) is 20.6. The average molecular weight is 1160 g/mol. The molecular weight excluding hydrogens is 1080 g/mol. The van der Waals surface area contributed by atoms with Crippen molar-refractivity contribution in [2.75, 3.05) is 41.7 Å². The van der Waals surface area contributed by atoms with Gasteiger partial charge in [-0.2, -0.15) is 0 Å². The van der Waals surface area contributed by atoms with Gasteiger partial charge in [-0.1, -0.05) is 226 Å². The maximum absolute atomic E-state index is 7.11. The van der Waals surface area contributed by atoms with Crippen LogP contribution in [-0.4, -0.2) is 46.6 Å². The van der Waals surface area contributed by atoms with Crippen molar-refractivity contribution in [3.8, 4) is 50.6 Å². The molecule has 0 aliphatic rings. The van der Waals surface area contributed by atoms with Crippen molar-refractivity contribution >= 4 is 64.6 Å². The number of rotatable bonds is 18. The van der Waals surface area contributed by atoms with Crippen LogP contribution in [0.25, 0.3) is 98.0 Å². The lowest BCUT2D eigenvalue weighted by molar-refractivity contribution is 0.0485. The van der Waals surface area contributed by atoms with Crippen molar-refractivity contribution < 1.29 is 28.4 Å². The topological polar surface area (TPSA) is 58.6 Å². The molecule has 0 saturated heterocycles. The number of benzene rings is 12. The van der Waals surface area contributed by atoms with Gasteiger partial charge in [0.2, 0.25) is 0 Å². The molecule has 12 rings (SSSR count). The molecule has 0 aromatic heterocycles. The van der Waals surface area contributed by atoms with E-state index in [1.165, 1.54) is 16.7 Å². The van der Waals surface area contributed by atoms with Crippen LogP contribution < -0.4 is 14.2 Å². The molecule has 0 unspecified atom stereocenters. The number of methoxy groups -OCH3 is 3. The lowest BCUT2D eigenvalue weighted by Gasteiger charge is -2.31. The van der Waals surface area contributed by atoms with E-state index in [0.29, 0.717) is 19.6 Å². The van der Waals surface area contributed by atoms with E-state index in [0.717, 1.165) is 132 Å². The zero-order valence-electron chi connectivity index (χ0n) is 53.2. The van der Waals surface area contributed by atoms with Crippen LogP contribution in [0.5, 0.6) is 17.2 Å². The van der Waals surface area contributed by atoms with Gasteiger partial charge in [-0.05, 0) is 134 Å². The molecule has 0 amide bonds. The molecule has 0 N–H and O–H groups in total. The Morgan fingerprint density at radius 1 is 0.284 bits per heavy atom. The van der Waals surface area contributed by atoms with Crippen LogP contribution in [0, 0.1) is 0 Å². The normalized spacial score (nSPS) is 12.4. The second kappa shape index (κ2) is 24.5. The number of hydrogen-bond donors (Lipinski definition) is 0. The molecule has 12 aromatic carbocycles. The first-order chi connectivity index (χ1) is 42.4. The minimum Gasteiger partial charge on any atom is -0.467 e. The number of fused-ring (bicyclic) bond motifs is 6. The largest absolute Gasteiger partial charge is 0.467 e. The summed E-state index contributed by atoms with van der Waals surface area (Å²) in [6.07, 6.45) is 0. The minimum absolute atomic E-state index is 0.0491. The fourth-order valence-electron chi connectivity index (χ4n) is 12.9. The molecule has 0 bridgehead atoms. The summed E-state index contributed by atoms with van der Waals surface area (Å²) in [6.45, 7) is 22.2. The fraction of sp³-hybridized carbons (Fsp3) is 0.259. The second-order valence-corrected chi connectivity index (χ2v) is 26.7. The summed E-state index contributed by atoms with van der Waals surface area (Å²) in [6, 6.07) is 73.4. The molecule has 0 fully saturated rings. The zero-order chi connectivity index (χ0) is 61.5. The van der Waals surface area contributed by atoms with Gasteiger partial charge in [-0.15, -0.1) is 0 Å². The summed E-state index contributed by atoms with van der Waals surface area (Å²) in [5, 5.41) is 13.9. The van der Waals surface area contributed by atoms with Crippen molar-refractivity contribution in [2.24, 2.45) is 0 Å². The number of ether oxygens (including phenoxy) is 6. The quantitative estimate of drug-likeness (QED) is 0.0627.